The zero-order valence-corrected chi connectivity index (χ0v) is 13.8. The second kappa shape index (κ2) is 6.29. The number of H-pyrrole nitrogens is 1. The van der Waals surface area contributed by atoms with E-state index in [1.165, 1.54) is 17.1 Å². The number of para-hydroxylation sites is 1. The van der Waals surface area contributed by atoms with Gasteiger partial charge < -0.3 is 4.74 Å². The summed E-state index contributed by atoms with van der Waals surface area (Å²) in [4.78, 5) is 12.4. The third kappa shape index (κ3) is 2.96. The Bertz CT molecular complexity index is 839. The minimum absolute atomic E-state index is 0.378. The highest BCUT2D eigenvalue weighted by Crippen LogP contribution is 2.45. The number of fused-ring (bicyclic) bond motifs is 1. The second-order valence-electron chi connectivity index (χ2n) is 5.17. The smallest absolute Gasteiger partial charge is 0.345 e. The molecule has 2 heterocycles. The van der Waals surface area contributed by atoms with Gasteiger partial charge in [0.25, 0.3) is 0 Å². The molecule has 23 heavy (non-hydrogen) atoms. The largest absolute Gasteiger partial charge is 0.423 e. The Labute approximate surface area is 142 Å². The summed E-state index contributed by atoms with van der Waals surface area (Å²) >= 11 is 3.92. The molecule has 1 saturated heterocycles. The highest BCUT2D eigenvalue weighted by molar-refractivity contribution is 8.19. The molecule has 4 nitrogen and oxygen atoms in total. The molecule has 1 aromatic heterocycles. The molecule has 0 saturated carbocycles. The zero-order valence-electron chi connectivity index (χ0n) is 12.2. The molecule has 4 rings (SSSR count). The molecule has 1 N–H and O–H groups in total. The van der Waals surface area contributed by atoms with Crippen LogP contribution in [0, 0.1) is 0 Å². The third-order valence-electron chi connectivity index (χ3n) is 3.68. The predicted molar refractivity (Wildman–Crippen MR) is 95.2 cm³/mol. The van der Waals surface area contributed by atoms with Gasteiger partial charge in [0, 0.05) is 16.9 Å². The van der Waals surface area contributed by atoms with Crippen LogP contribution in [0.5, 0.6) is 5.75 Å². The van der Waals surface area contributed by atoms with Crippen molar-refractivity contribution in [2.45, 2.75) is 4.58 Å². The number of rotatable bonds is 3. The fourth-order valence-corrected chi connectivity index (χ4v) is 5.40. The number of benzene rings is 2. The molecule has 0 radical (unpaired) electrons. The molecule has 3 aromatic rings. The van der Waals surface area contributed by atoms with E-state index in [1.54, 1.807) is 12.3 Å². The van der Waals surface area contributed by atoms with Gasteiger partial charge in [-0.2, -0.15) is 5.10 Å². The van der Waals surface area contributed by atoms with E-state index in [1.807, 2.05) is 59.9 Å². The monoisotopic (exact) mass is 342 g/mol. The normalized spacial score (nSPS) is 15.1. The van der Waals surface area contributed by atoms with Crippen LogP contribution in [-0.2, 0) is 0 Å². The van der Waals surface area contributed by atoms with Gasteiger partial charge in [-0.3, -0.25) is 5.10 Å². The van der Waals surface area contributed by atoms with Crippen molar-refractivity contribution in [2.24, 2.45) is 0 Å². The Morgan fingerprint density at radius 2 is 1.91 bits per heavy atom. The summed E-state index contributed by atoms with van der Waals surface area (Å²) in [5.41, 5.74) is 2.46. The van der Waals surface area contributed by atoms with Gasteiger partial charge in [0.05, 0.1) is 21.9 Å². The lowest BCUT2D eigenvalue weighted by atomic mass is 10.1. The van der Waals surface area contributed by atoms with Crippen molar-refractivity contribution in [3.8, 4) is 5.75 Å². The number of carbonyl (C=O) groups excluding carboxylic acids is 1. The average Bonchev–Trinajstić information content (AvgIpc) is 3.26. The fourth-order valence-electron chi connectivity index (χ4n) is 2.54. The minimum Gasteiger partial charge on any atom is -0.423 e. The number of aromatic amines is 1. The van der Waals surface area contributed by atoms with E-state index in [9.17, 15) is 4.79 Å². The van der Waals surface area contributed by atoms with Gasteiger partial charge in [0.15, 0.2) is 0 Å². The minimum atomic E-state index is -0.378. The maximum absolute atomic E-state index is 12.4. The summed E-state index contributed by atoms with van der Waals surface area (Å²) in [5, 5.41) is 7.71. The Kier molecular flexibility index (Phi) is 4.01. The van der Waals surface area contributed by atoms with Gasteiger partial charge in [-0.25, -0.2) is 4.79 Å². The van der Waals surface area contributed by atoms with Crippen molar-refractivity contribution < 1.29 is 9.53 Å². The van der Waals surface area contributed by atoms with E-state index >= 15 is 0 Å². The SMILES string of the molecule is O=C(Oc1ccc(C2SCCS2)cc1)c1cccc2cn[nH]c12. The van der Waals surface area contributed by atoms with Crippen LogP contribution in [0.3, 0.4) is 0 Å². The van der Waals surface area contributed by atoms with Crippen LogP contribution in [0.2, 0.25) is 0 Å². The van der Waals surface area contributed by atoms with E-state index in [2.05, 4.69) is 10.2 Å². The van der Waals surface area contributed by atoms with Crippen LogP contribution in [0.15, 0.2) is 48.7 Å². The first kappa shape index (κ1) is 14.7. The van der Waals surface area contributed by atoms with E-state index in [-0.39, 0.29) is 5.97 Å². The number of esters is 1. The Morgan fingerprint density at radius 1 is 1.13 bits per heavy atom. The highest BCUT2D eigenvalue weighted by Gasteiger charge is 2.18. The number of nitrogens with one attached hydrogen (secondary N) is 1. The fraction of sp³-hybridized carbons (Fsp3) is 0.176. The highest BCUT2D eigenvalue weighted by atomic mass is 32.2. The van der Waals surface area contributed by atoms with Crippen LogP contribution in [0.4, 0.5) is 0 Å². The molecule has 0 spiro atoms. The summed E-state index contributed by atoms with van der Waals surface area (Å²) in [6, 6.07) is 13.3. The van der Waals surface area contributed by atoms with Crippen molar-refractivity contribution >= 4 is 40.4 Å². The molecule has 1 aliphatic heterocycles. The molecule has 0 aliphatic carbocycles. The van der Waals surface area contributed by atoms with Gasteiger partial charge in [-0.1, -0.05) is 24.3 Å². The number of aromatic nitrogens is 2. The molecule has 0 unspecified atom stereocenters. The first-order chi connectivity index (χ1) is 11.3. The van der Waals surface area contributed by atoms with E-state index < -0.39 is 0 Å². The van der Waals surface area contributed by atoms with E-state index in [0.717, 1.165) is 5.39 Å². The van der Waals surface area contributed by atoms with Gasteiger partial charge in [-0.15, -0.1) is 23.5 Å². The summed E-state index contributed by atoms with van der Waals surface area (Å²) in [5.74, 6) is 2.57. The predicted octanol–water partition coefficient (Wildman–Crippen LogP) is 4.26. The van der Waals surface area contributed by atoms with Crippen LogP contribution in [-0.4, -0.2) is 27.7 Å². The number of nitrogens with zero attached hydrogens (tertiary/aromatic N) is 1. The van der Waals surface area contributed by atoms with Crippen molar-refractivity contribution in [1.29, 1.82) is 0 Å². The van der Waals surface area contributed by atoms with Gasteiger partial charge >= 0.3 is 5.97 Å². The van der Waals surface area contributed by atoms with Crippen LogP contribution >= 0.6 is 23.5 Å². The van der Waals surface area contributed by atoms with Crippen molar-refractivity contribution in [3.63, 3.8) is 0 Å². The van der Waals surface area contributed by atoms with Crippen LogP contribution in [0.25, 0.3) is 10.9 Å². The van der Waals surface area contributed by atoms with E-state index in [0.29, 0.717) is 21.4 Å². The van der Waals surface area contributed by atoms with Gasteiger partial charge in [-0.05, 0) is 23.8 Å². The Hall–Kier alpha value is -1.92. The molecule has 0 atom stereocenters. The maximum Gasteiger partial charge on any atom is 0.345 e. The summed E-state index contributed by atoms with van der Waals surface area (Å²) in [7, 11) is 0. The van der Waals surface area contributed by atoms with E-state index in [4.69, 9.17) is 4.74 Å². The quantitative estimate of drug-likeness (QED) is 0.569. The number of hydrogen-bond donors (Lipinski definition) is 1. The standard InChI is InChI=1S/C17H14N2O2S2/c20-16(14-3-1-2-12-10-18-19-15(12)14)21-13-6-4-11(5-7-13)17-22-8-9-23-17/h1-7,10,17H,8-9H2,(H,18,19). The Balaban J connectivity index is 1.53. The third-order valence-corrected chi connectivity index (χ3v) is 6.79. The Morgan fingerprint density at radius 3 is 2.70 bits per heavy atom. The number of thioether (sulfide) groups is 2. The number of carbonyl (C=O) groups is 1. The summed E-state index contributed by atoms with van der Waals surface area (Å²) in [6.07, 6.45) is 1.69. The molecule has 0 bridgehead atoms. The van der Waals surface area contributed by atoms with Crippen molar-refractivity contribution in [2.75, 3.05) is 11.5 Å². The molecule has 1 fully saturated rings. The maximum atomic E-state index is 12.4. The molecule has 6 heteroatoms. The van der Waals surface area contributed by atoms with Gasteiger partial charge in [0.2, 0.25) is 0 Å². The first-order valence-electron chi connectivity index (χ1n) is 7.29. The van der Waals surface area contributed by atoms with Crippen molar-refractivity contribution in [3.05, 3.63) is 59.8 Å². The number of ether oxygens (including phenoxy) is 1. The lowest BCUT2D eigenvalue weighted by Crippen LogP contribution is -2.09. The molecule has 1 aliphatic rings. The summed E-state index contributed by atoms with van der Waals surface area (Å²) < 4.78 is 5.99. The van der Waals surface area contributed by atoms with Crippen LogP contribution < -0.4 is 4.74 Å². The topological polar surface area (TPSA) is 55.0 Å². The average molecular weight is 342 g/mol. The molecule has 0 amide bonds. The molecule has 116 valence electrons. The lowest BCUT2D eigenvalue weighted by Gasteiger charge is -2.09. The van der Waals surface area contributed by atoms with Crippen LogP contribution in [0.1, 0.15) is 20.5 Å². The number of hydrogen-bond acceptors (Lipinski definition) is 5. The zero-order chi connectivity index (χ0) is 15.6. The lowest BCUT2D eigenvalue weighted by molar-refractivity contribution is 0.0736. The molecule has 2 aromatic carbocycles. The summed E-state index contributed by atoms with van der Waals surface area (Å²) in [6.45, 7) is 0. The first-order valence-corrected chi connectivity index (χ1v) is 9.38. The van der Waals surface area contributed by atoms with Gasteiger partial charge in [0.1, 0.15) is 5.75 Å². The molecular weight excluding hydrogens is 328 g/mol. The molecular formula is C17H14N2O2S2. The van der Waals surface area contributed by atoms with Crippen molar-refractivity contribution in [1.82, 2.24) is 10.2 Å². The second-order valence-corrected chi connectivity index (χ2v) is 7.90.